The first kappa shape index (κ1) is 21.8. The van der Waals surface area contributed by atoms with Gasteiger partial charge in [-0.25, -0.2) is 8.42 Å². The summed E-state index contributed by atoms with van der Waals surface area (Å²) in [7, 11) is -1.71. The zero-order valence-corrected chi connectivity index (χ0v) is 17.9. The van der Waals surface area contributed by atoms with Gasteiger partial charge in [0.2, 0.25) is 11.8 Å². The number of hydrogen-bond donors (Lipinski definition) is 2. The summed E-state index contributed by atoms with van der Waals surface area (Å²) in [5.41, 5.74) is 2.30. The lowest BCUT2D eigenvalue weighted by Gasteiger charge is -2.17. The van der Waals surface area contributed by atoms with Crippen molar-refractivity contribution in [2.45, 2.75) is 19.8 Å². The van der Waals surface area contributed by atoms with Crippen LogP contribution < -0.4 is 15.4 Å². The van der Waals surface area contributed by atoms with Crippen LogP contribution in [-0.4, -0.2) is 38.8 Å². The largest absolute Gasteiger partial charge is 0.497 e. The molecule has 2 amide bonds. The van der Waals surface area contributed by atoms with Crippen molar-refractivity contribution in [2.75, 3.05) is 29.2 Å². The fourth-order valence-corrected chi connectivity index (χ4v) is 5.96. The van der Waals surface area contributed by atoms with Crippen molar-refractivity contribution in [1.29, 1.82) is 0 Å². The van der Waals surface area contributed by atoms with Gasteiger partial charge in [-0.2, -0.15) is 0 Å². The van der Waals surface area contributed by atoms with Crippen LogP contribution in [0.1, 0.15) is 18.4 Å². The van der Waals surface area contributed by atoms with Crippen LogP contribution >= 0.6 is 0 Å². The Bertz CT molecular complexity index is 1020. The second kappa shape index (κ2) is 9.30. The third-order valence-corrected chi connectivity index (χ3v) is 7.05. The third kappa shape index (κ3) is 6.06. The summed E-state index contributed by atoms with van der Waals surface area (Å²) in [5.74, 6) is -0.776. The maximum Gasteiger partial charge on any atom is 0.224 e. The van der Waals surface area contributed by atoms with Gasteiger partial charge in [0.25, 0.3) is 0 Å². The molecule has 2 aromatic carbocycles. The number of methoxy groups -OCH3 is 1. The zero-order chi connectivity index (χ0) is 21.7. The summed E-state index contributed by atoms with van der Waals surface area (Å²) in [6.45, 7) is 1.93. The molecule has 160 valence electrons. The Kier molecular flexibility index (Phi) is 6.77. The Morgan fingerprint density at radius 3 is 2.03 bits per heavy atom. The van der Waals surface area contributed by atoms with Gasteiger partial charge in [0.1, 0.15) is 5.75 Å². The molecule has 30 heavy (non-hydrogen) atoms. The van der Waals surface area contributed by atoms with Gasteiger partial charge in [0.05, 0.1) is 18.6 Å². The molecule has 2 N–H and O–H groups in total. The van der Waals surface area contributed by atoms with E-state index in [-0.39, 0.29) is 42.1 Å². The van der Waals surface area contributed by atoms with Crippen molar-refractivity contribution in [3.8, 4) is 5.75 Å². The van der Waals surface area contributed by atoms with Crippen LogP contribution in [0.4, 0.5) is 11.4 Å². The van der Waals surface area contributed by atoms with Crippen LogP contribution in [0.25, 0.3) is 0 Å². The molecule has 8 heteroatoms. The summed E-state index contributed by atoms with van der Waals surface area (Å²) >= 11 is 0. The second-order valence-corrected chi connectivity index (χ2v) is 9.85. The van der Waals surface area contributed by atoms with E-state index in [0.717, 1.165) is 5.56 Å². The van der Waals surface area contributed by atoms with Crippen molar-refractivity contribution in [1.82, 2.24) is 0 Å². The number of carbonyl (C=O) groups is 2. The molecular weight excluding hydrogens is 404 g/mol. The van der Waals surface area contributed by atoms with E-state index in [1.807, 2.05) is 25.1 Å². The van der Waals surface area contributed by atoms with E-state index in [4.69, 9.17) is 4.74 Å². The predicted octanol–water partition coefficient (Wildman–Crippen LogP) is 3.02. The molecule has 0 bridgehead atoms. The van der Waals surface area contributed by atoms with E-state index in [1.54, 1.807) is 37.4 Å². The molecule has 0 aliphatic carbocycles. The highest BCUT2D eigenvalue weighted by molar-refractivity contribution is 7.91. The van der Waals surface area contributed by atoms with Crippen LogP contribution in [0.15, 0.2) is 48.5 Å². The fraction of sp³-hybridized carbons (Fsp3) is 0.364. The predicted molar refractivity (Wildman–Crippen MR) is 116 cm³/mol. The van der Waals surface area contributed by atoms with E-state index in [1.165, 1.54) is 0 Å². The number of anilines is 2. The zero-order valence-electron chi connectivity index (χ0n) is 17.1. The van der Waals surface area contributed by atoms with Gasteiger partial charge < -0.3 is 15.4 Å². The summed E-state index contributed by atoms with van der Waals surface area (Å²) in [6.07, 6.45) is 0.112. The fourth-order valence-electron chi connectivity index (χ4n) is 3.74. The highest BCUT2D eigenvalue weighted by Gasteiger charge is 2.39. The van der Waals surface area contributed by atoms with E-state index in [0.29, 0.717) is 17.1 Å². The van der Waals surface area contributed by atoms with Gasteiger partial charge in [-0.1, -0.05) is 12.1 Å². The molecule has 1 saturated heterocycles. The van der Waals surface area contributed by atoms with Gasteiger partial charge in [0, 0.05) is 24.2 Å². The van der Waals surface area contributed by atoms with Crippen LogP contribution in [0.3, 0.4) is 0 Å². The lowest BCUT2D eigenvalue weighted by molar-refractivity contribution is -0.119. The van der Waals surface area contributed by atoms with Crippen molar-refractivity contribution < 1.29 is 22.7 Å². The Morgan fingerprint density at radius 1 is 0.933 bits per heavy atom. The molecule has 1 aliphatic rings. The van der Waals surface area contributed by atoms with E-state index in [2.05, 4.69) is 10.6 Å². The third-order valence-electron chi connectivity index (χ3n) is 5.17. The number of nitrogens with one attached hydrogen (secondary N) is 2. The minimum absolute atomic E-state index is 0.0493. The Labute approximate surface area is 176 Å². The number of amides is 2. The van der Waals surface area contributed by atoms with Crippen LogP contribution in [0.2, 0.25) is 0 Å². The first-order valence-electron chi connectivity index (χ1n) is 9.75. The Hall–Kier alpha value is -2.87. The van der Waals surface area contributed by atoms with Gasteiger partial charge in [0.15, 0.2) is 9.84 Å². The molecule has 2 aromatic rings. The maximum absolute atomic E-state index is 12.5. The minimum Gasteiger partial charge on any atom is -0.497 e. The quantitative estimate of drug-likeness (QED) is 0.703. The van der Waals surface area contributed by atoms with Crippen LogP contribution in [0.5, 0.6) is 5.75 Å². The van der Waals surface area contributed by atoms with E-state index >= 15 is 0 Å². The van der Waals surface area contributed by atoms with Crippen molar-refractivity contribution in [3.05, 3.63) is 54.1 Å². The standard InChI is InChI=1S/C22H26N2O5S/c1-15-4-3-5-19(10-15)24-22(26)12-17-14-30(27,28)13-16(17)11-21(25)23-18-6-8-20(29-2)9-7-18/h3-10,16-17H,11-14H2,1-2H3,(H,23,25)(H,24,26)/t16-,17-/m0/s1. The topological polar surface area (TPSA) is 102 Å². The monoisotopic (exact) mass is 430 g/mol. The minimum atomic E-state index is -3.27. The maximum atomic E-state index is 12.5. The molecular formula is C22H26N2O5S. The molecule has 0 radical (unpaired) electrons. The molecule has 0 saturated carbocycles. The Morgan fingerprint density at radius 2 is 1.50 bits per heavy atom. The average Bonchev–Trinajstić information content (AvgIpc) is 2.95. The van der Waals surface area contributed by atoms with Crippen molar-refractivity contribution in [3.63, 3.8) is 0 Å². The van der Waals surface area contributed by atoms with Gasteiger partial charge in [-0.15, -0.1) is 0 Å². The molecule has 7 nitrogen and oxygen atoms in total. The van der Waals surface area contributed by atoms with Crippen LogP contribution in [0, 0.1) is 18.8 Å². The highest BCUT2D eigenvalue weighted by Crippen LogP contribution is 2.31. The second-order valence-electron chi connectivity index (χ2n) is 7.70. The summed E-state index contributed by atoms with van der Waals surface area (Å²) in [5, 5.41) is 5.59. The summed E-state index contributed by atoms with van der Waals surface area (Å²) < 4.78 is 29.4. The summed E-state index contributed by atoms with van der Waals surface area (Å²) in [4.78, 5) is 24.9. The lowest BCUT2D eigenvalue weighted by atomic mass is 9.89. The molecule has 2 atom stereocenters. The molecule has 1 aliphatic heterocycles. The SMILES string of the molecule is COc1ccc(NC(=O)C[C@H]2CS(=O)(=O)C[C@@H]2CC(=O)Nc2cccc(C)c2)cc1. The van der Waals surface area contributed by atoms with Gasteiger partial charge >= 0.3 is 0 Å². The Balaban J connectivity index is 1.60. The molecule has 1 heterocycles. The van der Waals surface area contributed by atoms with E-state index in [9.17, 15) is 18.0 Å². The molecule has 0 spiro atoms. The van der Waals surface area contributed by atoms with Gasteiger partial charge in [-0.3, -0.25) is 9.59 Å². The average molecular weight is 431 g/mol. The van der Waals surface area contributed by atoms with Crippen molar-refractivity contribution in [2.24, 2.45) is 11.8 Å². The molecule has 0 aromatic heterocycles. The highest BCUT2D eigenvalue weighted by atomic mass is 32.2. The molecule has 1 fully saturated rings. The first-order valence-corrected chi connectivity index (χ1v) is 11.6. The number of carbonyl (C=O) groups excluding carboxylic acids is 2. The molecule has 3 rings (SSSR count). The smallest absolute Gasteiger partial charge is 0.224 e. The number of aryl methyl sites for hydroxylation is 1. The van der Waals surface area contributed by atoms with E-state index < -0.39 is 15.8 Å². The number of benzene rings is 2. The first-order chi connectivity index (χ1) is 14.2. The molecule has 0 unspecified atom stereocenters. The van der Waals surface area contributed by atoms with Crippen molar-refractivity contribution >= 4 is 33.0 Å². The normalized spacial score (nSPS) is 19.8. The number of ether oxygens (including phenoxy) is 1. The lowest BCUT2D eigenvalue weighted by Crippen LogP contribution is -2.25. The van der Waals surface area contributed by atoms with Crippen LogP contribution in [-0.2, 0) is 19.4 Å². The number of rotatable bonds is 7. The van der Waals surface area contributed by atoms with Gasteiger partial charge in [-0.05, 0) is 60.7 Å². The summed E-state index contributed by atoms with van der Waals surface area (Å²) in [6, 6.07) is 14.3. The number of sulfone groups is 1. The number of hydrogen-bond acceptors (Lipinski definition) is 5.